The van der Waals surface area contributed by atoms with E-state index < -0.39 is 11.8 Å². The van der Waals surface area contributed by atoms with Crippen molar-refractivity contribution < 1.29 is 14.0 Å². The number of rotatable bonds is 8. The quantitative estimate of drug-likeness (QED) is 0.339. The van der Waals surface area contributed by atoms with Crippen LogP contribution in [0.1, 0.15) is 44.6 Å². The molecule has 2 saturated carbocycles. The summed E-state index contributed by atoms with van der Waals surface area (Å²) in [6, 6.07) is 14.4. The summed E-state index contributed by atoms with van der Waals surface area (Å²) in [4.78, 5) is 28.8. The lowest BCUT2D eigenvalue weighted by atomic mass is 9.96. The number of nitrogens with zero attached hydrogens (tertiary/aromatic N) is 1. The van der Waals surface area contributed by atoms with Gasteiger partial charge in [0, 0.05) is 18.7 Å². The Morgan fingerprint density at radius 1 is 1.03 bits per heavy atom. The Labute approximate surface area is 210 Å². The van der Waals surface area contributed by atoms with Crippen LogP contribution >= 0.6 is 0 Å². The van der Waals surface area contributed by atoms with Crippen molar-refractivity contribution in [3.63, 3.8) is 0 Å². The van der Waals surface area contributed by atoms with Crippen molar-refractivity contribution in [2.45, 2.75) is 46.0 Å². The van der Waals surface area contributed by atoms with Crippen LogP contribution in [0.25, 0.3) is 22.3 Å². The molecule has 36 heavy (non-hydrogen) atoms. The number of carbonyl (C=O) groups excluding carboxylic acids is 2. The Balaban J connectivity index is 1.33. The number of nitrogens with one attached hydrogen (secondary N) is 3. The van der Waals surface area contributed by atoms with Crippen molar-refractivity contribution >= 4 is 23.4 Å². The van der Waals surface area contributed by atoms with Gasteiger partial charge >= 0.3 is 6.03 Å². The summed E-state index contributed by atoms with van der Waals surface area (Å²) >= 11 is 0. The fraction of sp³-hybridized carbons (Fsp3) is 0.345. The number of benzene rings is 2. The second-order valence-electron chi connectivity index (χ2n) is 10.4. The first-order valence-corrected chi connectivity index (χ1v) is 12.5. The molecule has 0 bridgehead atoms. The third kappa shape index (κ3) is 5.73. The fourth-order valence-corrected chi connectivity index (χ4v) is 4.31. The number of aryl methyl sites for hydroxylation is 1. The van der Waals surface area contributed by atoms with Gasteiger partial charge in [-0.25, -0.2) is 14.2 Å². The minimum Gasteiger partial charge on any atom is -0.338 e. The van der Waals surface area contributed by atoms with Crippen molar-refractivity contribution in [1.29, 1.82) is 0 Å². The van der Waals surface area contributed by atoms with Crippen LogP contribution in [0.3, 0.4) is 0 Å². The van der Waals surface area contributed by atoms with E-state index in [-0.39, 0.29) is 17.5 Å². The largest absolute Gasteiger partial charge is 0.338 e. The van der Waals surface area contributed by atoms with Crippen LogP contribution in [0, 0.1) is 24.1 Å². The van der Waals surface area contributed by atoms with E-state index in [0.29, 0.717) is 17.8 Å². The number of halogens is 1. The summed E-state index contributed by atoms with van der Waals surface area (Å²) in [5, 5.41) is 8.39. The first kappa shape index (κ1) is 24.0. The first-order chi connectivity index (χ1) is 17.3. The first-order valence-electron chi connectivity index (χ1n) is 12.5. The summed E-state index contributed by atoms with van der Waals surface area (Å²) in [6.45, 7) is 4.63. The summed E-state index contributed by atoms with van der Waals surface area (Å²) in [5.41, 5.74) is 4.85. The number of pyridine rings is 1. The molecule has 3 aromatic rings. The van der Waals surface area contributed by atoms with Crippen LogP contribution in [0.5, 0.6) is 0 Å². The lowest BCUT2D eigenvalue weighted by Crippen LogP contribution is -2.30. The lowest BCUT2D eigenvalue weighted by Gasteiger charge is -2.14. The Kier molecular flexibility index (Phi) is 6.48. The van der Waals surface area contributed by atoms with Crippen molar-refractivity contribution in [2.75, 3.05) is 17.2 Å². The number of hydrogen-bond donors (Lipinski definition) is 3. The third-order valence-corrected chi connectivity index (χ3v) is 7.15. The number of hydrogen-bond acceptors (Lipinski definition) is 3. The Bertz CT molecular complexity index is 1310. The molecule has 186 valence electrons. The monoisotopic (exact) mass is 486 g/mol. The minimum absolute atomic E-state index is 0.0149. The molecule has 0 saturated heterocycles. The summed E-state index contributed by atoms with van der Waals surface area (Å²) < 4.78 is 14.7. The van der Waals surface area contributed by atoms with Gasteiger partial charge in [0.1, 0.15) is 11.6 Å². The van der Waals surface area contributed by atoms with E-state index in [2.05, 4.69) is 27.9 Å². The van der Waals surface area contributed by atoms with Crippen LogP contribution < -0.4 is 16.0 Å². The molecule has 2 aliphatic rings. The van der Waals surface area contributed by atoms with Gasteiger partial charge in [0.15, 0.2) is 0 Å². The highest BCUT2D eigenvalue weighted by Crippen LogP contribution is 2.47. The third-order valence-electron chi connectivity index (χ3n) is 7.15. The van der Waals surface area contributed by atoms with Crippen molar-refractivity contribution in [1.82, 2.24) is 10.3 Å². The fourth-order valence-electron chi connectivity index (χ4n) is 4.31. The molecule has 5 rings (SSSR count). The normalized spacial score (nSPS) is 15.8. The second-order valence-corrected chi connectivity index (χ2v) is 10.4. The molecule has 6 nitrogen and oxygen atoms in total. The number of carbonyl (C=O) groups is 2. The zero-order valence-corrected chi connectivity index (χ0v) is 20.7. The molecule has 0 atom stereocenters. The van der Waals surface area contributed by atoms with Crippen LogP contribution in [-0.4, -0.2) is 23.5 Å². The summed E-state index contributed by atoms with van der Waals surface area (Å²) in [5.74, 6) is 0.176. The highest BCUT2D eigenvalue weighted by molar-refractivity contribution is 5.94. The molecule has 1 aromatic heterocycles. The predicted molar refractivity (Wildman–Crippen MR) is 140 cm³/mol. The lowest BCUT2D eigenvalue weighted by molar-refractivity contribution is -0.117. The van der Waals surface area contributed by atoms with Gasteiger partial charge in [-0.2, -0.15) is 0 Å². The molecule has 0 radical (unpaired) electrons. The van der Waals surface area contributed by atoms with E-state index >= 15 is 0 Å². The Hall–Kier alpha value is -3.74. The topological polar surface area (TPSA) is 83.1 Å². The zero-order valence-electron chi connectivity index (χ0n) is 20.7. The molecule has 2 fully saturated rings. The number of amides is 3. The number of aromatic nitrogens is 1. The van der Waals surface area contributed by atoms with E-state index in [1.54, 1.807) is 12.3 Å². The second kappa shape index (κ2) is 9.72. The van der Waals surface area contributed by atoms with Gasteiger partial charge in [0.2, 0.25) is 5.91 Å². The highest BCUT2D eigenvalue weighted by atomic mass is 19.1. The van der Waals surface area contributed by atoms with Gasteiger partial charge < -0.3 is 16.0 Å². The molecule has 1 heterocycles. The molecule has 7 heteroatoms. The smallest absolute Gasteiger partial charge is 0.319 e. The molecule has 2 aromatic carbocycles. The van der Waals surface area contributed by atoms with Gasteiger partial charge in [-0.15, -0.1) is 0 Å². The highest BCUT2D eigenvalue weighted by Gasteiger charge is 2.36. The minimum atomic E-state index is -0.470. The molecule has 0 spiro atoms. The van der Waals surface area contributed by atoms with Crippen LogP contribution in [0.4, 0.5) is 20.7 Å². The molecule has 3 N–H and O–H groups in total. The van der Waals surface area contributed by atoms with Crippen molar-refractivity contribution in [3.05, 3.63) is 66.1 Å². The van der Waals surface area contributed by atoms with E-state index in [4.69, 9.17) is 0 Å². The van der Waals surface area contributed by atoms with Gasteiger partial charge in [-0.3, -0.25) is 4.79 Å². The predicted octanol–water partition coefficient (Wildman–Crippen LogP) is 6.52. The molecule has 3 amide bonds. The van der Waals surface area contributed by atoms with E-state index in [0.717, 1.165) is 47.1 Å². The Morgan fingerprint density at radius 3 is 2.53 bits per heavy atom. The average Bonchev–Trinajstić information content (AvgIpc) is 3.78. The maximum Gasteiger partial charge on any atom is 0.319 e. The maximum atomic E-state index is 14.7. The van der Waals surface area contributed by atoms with Gasteiger partial charge in [0.25, 0.3) is 0 Å². The van der Waals surface area contributed by atoms with E-state index in [9.17, 15) is 14.0 Å². The van der Waals surface area contributed by atoms with E-state index in [1.165, 1.54) is 18.9 Å². The summed E-state index contributed by atoms with van der Waals surface area (Å²) in [7, 11) is 0. The SMILES string of the molecule is Cc1cc(F)c(NC(=O)NCCC2(C)CC2)cc1-c1cccc(-c2ccnc(NC(=O)C3CC3)c2)c1. The molecular formula is C29H31FN4O2. The number of urea groups is 1. The van der Waals surface area contributed by atoms with Crippen LogP contribution in [-0.2, 0) is 4.79 Å². The van der Waals surface area contributed by atoms with Gasteiger partial charge in [0.05, 0.1) is 5.69 Å². The average molecular weight is 487 g/mol. The summed E-state index contributed by atoms with van der Waals surface area (Å²) in [6.07, 6.45) is 6.86. The molecular weight excluding hydrogens is 455 g/mol. The van der Waals surface area contributed by atoms with Crippen LogP contribution in [0.2, 0.25) is 0 Å². The Morgan fingerprint density at radius 2 is 1.78 bits per heavy atom. The van der Waals surface area contributed by atoms with Gasteiger partial charge in [-0.05, 0) is 103 Å². The molecule has 0 unspecified atom stereocenters. The van der Waals surface area contributed by atoms with E-state index in [1.807, 2.05) is 43.3 Å². The van der Waals surface area contributed by atoms with Crippen molar-refractivity contribution in [3.8, 4) is 22.3 Å². The van der Waals surface area contributed by atoms with Crippen molar-refractivity contribution in [2.24, 2.45) is 11.3 Å². The standard InChI is InChI=1S/C29H31FN4O2/c1-18-14-24(30)25(33-28(36)32-13-11-29(2)9-10-29)17-23(18)22-5-3-4-20(15-22)21-8-12-31-26(16-21)34-27(35)19-6-7-19/h3-5,8,12,14-17,19H,6-7,9-11,13H2,1-2H3,(H,31,34,35)(H2,32,33,36). The molecule has 2 aliphatic carbocycles. The zero-order chi connectivity index (χ0) is 25.3. The maximum absolute atomic E-state index is 14.7. The number of anilines is 2. The van der Waals surface area contributed by atoms with Gasteiger partial charge in [-0.1, -0.05) is 25.1 Å². The molecule has 0 aliphatic heterocycles. The van der Waals surface area contributed by atoms with Crippen LogP contribution in [0.15, 0.2) is 54.7 Å².